The molecule has 0 amide bonds. The Labute approximate surface area is 112 Å². The minimum absolute atomic E-state index is 0.485. The van der Waals surface area contributed by atoms with Gasteiger partial charge in [0.1, 0.15) is 5.82 Å². The number of halogens is 3. The molecule has 0 saturated heterocycles. The molecule has 0 radical (unpaired) electrons. The minimum atomic E-state index is -4.35. The second-order valence-corrected chi connectivity index (χ2v) is 5.18. The van der Waals surface area contributed by atoms with Crippen LogP contribution in [0.4, 0.5) is 19.0 Å². The quantitative estimate of drug-likeness (QED) is 0.865. The fraction of sp³-hybridized carbons (Fsp3) is 0.333. The van der Waals surface area contributed by atoms with Gasteiger partial charge in [0.25, 0.3) is 0 Å². The molecular weight excluding hydrogens is 275 g/mol. The normalized spacial score (nSPS) is 11.6. The predicted octanol–water partition coefficient (Wildman–Crippen LogP) is 3.50. The molecule has 0 unspecified atom stereocenters. The molecule has 2 aromatic rings. The van der Waals surface area contributed by atoms with Crippen molar-refractivity contribution in [1.29, 1.82) is 0 Å². The molecular formula is C12H12F3N3S. The summed E-state index contributed by atoms with van der Waals surface area (Å²) in [6, 6.07) is 2.40. The molecule has 0 fully saturated rings. The molecule has 2 rings (SSSR count). The van der Waals surface area contributed by atoms with Crippen molar-refractivity contribution in [2.24, 2.45) is 0 Å². The third-order valence-electron chi connectivity index (χ3n) is 2.53. The van der Waals surface area contributed by atoms with E-state index in [-0.39, 0.29) is 0 Å². The van der Waals surface area contributed by atoms with Gasteiger partial charge in [0.05, 0.1) is 22.8 Å². The van der Waals surface area contributed by atoms with Gasteiger partial charge in [-0.05, 0) is 19.1 Å². The number of nitrogens with zero attached hydrogens (tertiary/aromatic N) is 3. The van der Waals surface area contributed by atoms with Crippen molar-refractivity contribution in [1.82, 2.24) is 9.97 Å². The number of rotatable bonds is 3. The lowest BCUT2D eigenvalue weighted by molar-refractivity contribution is -0.137. The summed E-state index contributed by atoms with van der Waals surface area (Å²) in [5.74, 6) is 0.485. The van der Waals surface area contributed by atoms with Crippen LogP contribution in [0.2, 0.25) is 0 Å². The Bertz CT molecular complexity index is 548. The Balaban J connectivity index is 2.09. The van der Waals surface area contributed by atoms with Gasteiger partial charge in [-0.2, -0.15) is 13.2 Å². The maximum absolute atomic E-state index is 12.4. The van der Waals surface area contributed by atoms with E-state index in [1.807, 2.05) is 12.3 Å². The van der Waals surface area contributed by atoms with Gasteiger partial charge in [0.2, 0.25) is 0 Å². The van der Waals surface area contributed by atoms with E-state index in [2.05, 4.69) is 9.97 Å². The van der Waals surface area contributed by atoms with Crippen molar-refractivity contribution >= 4 is 17.2 Å². The molecule has 19 heavy (non-hydrogen) atoms. The highest BCUT2D eigenvalue weighted by Crippen LogP contribution is 2.29. The van der Waals surface area contributed by atoms with Crippen molar-refractivity contribution in [3.8, 4) is 0 Å². The number of anilines is 1. The van der Waals surface area contributed by atoms with E-state index >= 15 is 0 Å². The molecule has 102 valence electrons. The Hall–Kier alpha value is -1.63. The summed E-state index contributed by atoms with van der Waals surface area (Å²) in [4.78, 5) is 9.89. The summed E-state index contributed by atoms with van der Waals surface area (Å²) in [5, 5.41) is 2.89. The third kappa shape index (κ3) is 3.44. The Morgan fingerprint density at radius 2 is 2.05 bits per heavy atom. The van der Waals surface area contributed by atoms with Crippen LogP contribution >= 0.6 is 11.3 Å². The molecule has 2 heterocycles. The largest absolute Gasteiger partial charge is 0.417 e. The van der Waals surface area contributed by atoms with Crippen LogP contribution in [0, 0.1) is 6.92 Å². The SMILES string of the molecule is Cc1nc(CN(C)c2ccc(C(F)(F)F)cn2)cs1. The van der Waals surface area contributed by atoms with Gasteiger partial charge in [-0.15, -0.1) is 11.3 Å². The van der Waals surface area contributed by atoms with Crippen molar-refractivity contribution in [3.63, 3.8) is 0 Å². The highest BCUT2D eigenvalue weighted by Gasteiger charge is 2.30. The Kier molecular flexibility index (Phi) is 3.75. The van der Waals surface area contributed by atoms with Crippen molar-refractivity contribution in [2.45, 2.75) is 19.6 Å². The number of hydrogen-bond donors (Lipinski definition) is 0. The maximum Gasteiger partial charge on any atom is 0.417 e. The van der Waals surface area contributed by atoms with Gasteiger partial charge in [-0.25, -0.2) is 9.97 Å². The van der Waals surface area contributed by atoms with Crippen molar-refractivity contribution < 1.29 is 13.2 Å². The smallest absolute Gasteiger partial charge is 0.354 e. The van der Waals surface area contributed by atoms with E-state index in [1.54, 1.807) is 23.3 Å². The zero-order chi connectivity index (χ0) is 14.0. The van der Waals surface area contributed by atoms with Crippen LogP contribution in [0.3, 0.4) is 0 Å². The van der Waals surface area contributed by atoms with Crippen molar-refractivity contribution in [3.05, 3.63) is 40.0 Å². The topological polar surface area (TPSA) is 29.0 Å². The van der Waals surface area contributed by atoms with Crippen molar-refractivity contribution in [2.75, 3.05) is 11.9 Å². The summed E-state index contributed by atoms with van der Waals surface area (Å²) in [5.41, 5.74) is 0.140. The number of thiazole rings is 1. The molecule has 0 aliphatic heterocycles. The van der Waals surface area contributed by atoms with Crippen LogP contribution in [-0.4, -0.2) is 17.0 Å². The lowest BCUT2D eigenvalue weighted by Crippen LogP contribution is -2.18. The van der Waals surface area contributed by atoms with E-state index < -0.39 is 11.7 Å². The Morgan fingerprint density at radius 3 is 2.53 bits per heavy atom. The lowest BCUT2D eigenvalue weighted by atomic mass is 10.2. The molecule has 0 aromatic carbocycles. The first-order chi connectivity index (χ1) is 8.86. The zero-order valence-corrected chi connectivity index (χ0v) is 11.2. The summed E-state index contributed by atoms with van der Waals surface area (Å²) < 4.78 is 37.2. The number of aromatic nitrogens is 2. The van der Waals surface area contributed by atoms with Gasteiger partial charge >= 0.3 is 6.18 Å². The Morgan fingerprint density at radius 1 is 1.32 bits per heavy atom. The highest BCUT2D eigenvalue weighted by atomic mass is 32.1. The minimum Gasteiger partial charge on any atom is -0.354 e. The summed E-state index contributed by atoms with van der Waals surface area (Å²) >= 11 is 1.54. The van der Waals surface area contributed by atoms with E-state index in [0.29, 0.717) is 12.4 Å². The summed E-state index contributed by atoms with van der Waals surface area (Å²) in [7, 11) is 1.77. The maximum atomic E-state index is 12.4. The van der Waals surface area contributed by atoms with Crippen LogP contribution in [0.25, 0.3) is 0 Å². The highest BCUT2D eigenvalue weighted by molar-refractivity contribution is 7.09. The molecule has 0 aliphatic rings. The first-order valence-corrected chi connectivity index (χ1v) is 6.39. The monoisotopic (exact) mass is 287 g/mol. The van der Waals surface area contributed by atoms with E-state index in [9.17, 15) is 13.2 Å². The molecule has 0 saturated carbocycles. The number of aryl methyl sites for hydroxylation is 1. The van der Waals surface area contributed by atoms with Crippen LogP contribution in [0.15, 0.2) is 23.7 Å². The molecule has 2 aromatic heterocycles. The summed E-state index contributed by atoms with van der Waals surface area (Å²) in [6.45, 7) is 2.42. The lowest BCUT2D eigenvalue weighted by Gasteiger charge is -2.17. The average molecular weight is 287 g/mol. The number of hydrogen-bond acceptors (Lipinski definition) is 4. The average Bonchev–Trinajstić information content (AvgIpc) is 2.74. The molecule has 0 atom stereocenters. The first-order valence-electron chi connectivity index (χ1n) is 5.51. The predicted molar refractivity (Wildman–Crippen MR) is 68.2 cm³/mol. The van der Waals surface area contributed by atoms with Gasteiger partial charge in [-0.1, -0.05) is 0 Å². The third-order valence-corrected chi connectivity index (χ3v) is 3.35. The first kappa shape index (κ1) is 13.8. The fourth-order valence-electron chi connectivity index (χ4n) is 1.58. The zero-order valence-electron chi connectivity index (χ0n) is 10.4. The van der Waals surface area contributed by atoms with Crippen LogP contribution in [0.1, 0.15) is 16.3 Å². The van der Waals surface area contributed by atoms with Gasteiger partial charge < -0.3 is 4.90 Å². The molecule has 7 heteroatoms. The standard InChI is InChI=1S/C12H12F3N3S/c1-8-17-10(7-19-8)6-18(2)11-4-3-9(5-16-11)12(13,14)15/h3-5,7H,6H2,1-2H3. The second-order valence-electron chi connectivity index (χ2n) is 4.12. The van der Waals surface area contributed by atoms with Crippen LogP contribution < -0.4 is 4.90 Å². The summed E-state index contributed by atoms with van der Waals surface area (Å²) in [6.07, 6.45) is -3.51. The molecule has 0 bridgehead atoms. The number of alkyl halides is 3. The second kappa shape index (κ2) is 5.16. The van der Waals surface area contributed by atoms with E-state index in [1.165, 1.54) is 6.07 Å². The van der Waals surface area contributed by atoms with Gasteiger partial charge in [-0.3, -0.25) is 0 Å². The van der Waals surface area contributed by atoms with Crippen LogP contribution in [-0.2, 0) is 12.7 Å². The van der Waals surface area contributed by atoms with Crippen LogP contribution in [0.5, 0.6) is 0 Å². The molecule has 3 nitrogen and oxygen atoms in total. The van der Waals surface area contributed by atoms with Gasteiger partial charge in [0, 0.05) is 18.6 Å². The number of pyridine rings is 1. The fourth-order valence-corrected chi connectivity index (χ4v) is 2.19. The van der Waals surface area contributed by atoms with E-state index in [4.69, 9.17) is 0 Å². The molecule has 0 N–H and O–H groups in total. The molecule has 0 spiro atoms. The molecule has 0 aliphatic carbocycles. The van der Waals surface area contributed by atoms with E-state index in [0.717, 1.165) is 23.0 Å². The van der Waals surface area contributed by atoms with Gasteiger partial charge in [0.15, 0.2) is 0 Å².